The summed E-state index contributed by atoms with van der Waals surface area (Å²) in [5, 5.41) is 6.08. The van der Waals surface area contributed by atoms with Crippen LogP contribution in [0.3, 0.4) is 0 Å². The molecule has 2 atom stereocenters. The number of thioether (sulfide) groups is 1. The maximum Gasteiger partial charge on any atom is 0.286 e. The highest BCUT2D eigenvalue weighted by Crippen LogP contribution is 2.36. The third-order valence-corrected chi connectivity index (χ3v) is 7.19. The second-order valence-corrected chi connectivity index (χ2v) is 10.2. The van der Waals surface area contributed by atoms with Crippen molar-refractivity contribution >= 4 is 40.5 Å². The summed E-state index contributed by atoms with van der Waals surface area (Å²) in [6.45, 7) is 7.93. The molecule has 1 saturated heterocycles. The Labute approximate surface area is 219 Å². The minimum atomic E-state index is -0.245. The van der Waals surface area contributed by atoms with Crippen LogP contribution in [0.5, 0.6) is 5.75 Å². The third kappa shape index (κ3) is 5.21. The van der Waals surface area contributed by atoms with Crippen molar-refractivity contribution in [1.29, 1.82) is 0 Å². The second-order valence-electron chi connectivity index (χ2n) is 8.76. The zero-order valence-corrected chi connectivity index (χ0v) is 21.9. The molecule has 36 heavy (non-hydrogen) atoms. The van der Waals surface area contributed by atoms with Gasteiger partial charge < -0.3 is 14.4 Å². The summed E-state index contributed by atoms with van der Waals surface area (Å²) >= 11 is 7.88. The minimum absolute atomic E-state index is 0.0836. The van der Waals surface area contributed by atoms with Gasteiger partial charge in [-0.15, -0.1) is 0 Å². The van der Waals surface area contributed by atoms with E-state index in [4.69, 9.17) is 26.2 Å². The van der Waals surface area contributed by atoms with E-state index in [0.717, 1.165) is 22.0 Å². The van der Waals surface area contributed by atoms with Crippen molar-refractivity contribution in [3.63, 3.8) is 0 Å². The van der Waals surface area contributed by atoms with Gasteiger partial charge in [0.05, 0.1) is 34.4 Å². The summed E-state index contributed by atoms with van der Waals surface area (Å²) in [5.41, 5.74) is 3.26. The van der Waals surface area contributed by atoms with Gasteiger partial charge in [0.1, 0.15) is 11.4 Å². The Kier molecular flexibility index (Phi) is 7.18. The van der Waals surface area contributed by atoms with Crippen LogP contribution in [0, 0.1) is 0 Å². The predicted molar refractivity (Wildman–Crippen MR) is 145 cm³/mol. The lowest BCUT2D eigenvalue weighted by Gasteiger charge is -2.35. The Balaban J connectivity index is 1.50. The number of ether oxygens (including phenoxy) is 2. The predicted octanol–water partition coefficient (Wildman–Crippen LogP) is 5.67. The van der Waals surface area contributed by atoms with Gasteiger partial charge in [0.15, 0.2) is 5.17 Å². The Bertz CT molecular complexity index is 1330. The number of rotatable bonds is 5. The quantitative estimate of drug-likeness (QED) is 0.402. The fraction of sp³-hybridized carbons (Fsp3) is 0.296. The molecule has 0 spiro atoms. The van der Waals surface area contributed by atoms with Gasteiger partial charge in [0.25, 0.3) is 5.91 Å². The summed E-state index contributed by atoms with van der Waals surface area (Å²) in [6.07, 6.45) is 3.95. The van der Waals surface area contributed by atoms with E-state index in [9.17, 15) is 4.79 Å². The van der Waals surface area contributed by atoms with Crippen molar-refractivity contribution in [1.82, 2.24) is 14.7 Å². The van der Waals surface area contributed by atoms with Gasteiger partial charge in [-0.05, 0) is 68.9 Å². The van der Waals surface area contributed by atoms with Crippen molar-refractivity contribution in [2.24, 2.45) is 4.99 Å². The number of aliphatic imine (C=N–C) groups is 1. The molecule has 9 heteroatoms. The lowest BCUT2D eigenvalue weighted by atomic mass is 10.1. The van der Waals surface area contributed by atoms with Crippen LogP contribution >= 0.6 is 23.4 Å². The summed E-state index contributed by atoms with van der Waals surface area (Å²) in [7, 11) is 0. The van der Waals surface area contributed by atoms with Gasteiger partial charge in [-0.2, -0.15) is 10.1 Å². The first-order valence-electron chi connectivity index (χ1n) is 11.9. The first kappa shape index (κ1) is 24.6. The van der Waals surface area contributed by atoms with E-state index >= 15 is 0 Å². The van der Waals surface area contributed by atoms with E-state index in [1.54, 1.807) is 0 Å². The van der Waals surface area contributed by atoms with E-state index in [1.165, 1.54) is 11.8 Å². The zero-order chi connectivity index (χ0) is 25.2. The number of hydrogen-bond donors (Lipinski definition) is 0. The first-order chi connectivity index (χ1) is 17.4. The molecule has 1 fully saturated rings. The van der Waals surface area contributed by atoms with Crippen molar-refractivity contribution in [2.45, 2.75) is 33.0 Å². The van der Waals surface area contributed by atoms with Gasteiger partial charge >= 0.3 is 0 Å². The van der Waals surface area contributed by atoms with Gasteiger partial charge in [-0.1, -0.05) is 29.8 Å². The van der Waals surface area contributed by atoms with Crippen molar-refractivity contribution in [3.8, 4) is 22.7 Å². The molecule has 2 unspecified atom stereocenters. The van der Waals surface area contributed by atoms with Gasteiger partial charge in [-0.25, -0.2) is 4.68 Å². The molecule has 0 N–H and O–H groups in total. The highest BCUT2D eigenvalue weighted by atomic mass is 35.5. The Morgan fingerprint density at radius 1 is 1.17 bits per heavy atom. The lowest BCUT2D eigenvalue weighted by molar-refractivity contribution is -0.113. The molecule has 2 aliphatic rings. The van der Waals surface area contributed by atoms with Gasteiger partial charge in [0.2, 0.25) is 0 Å². The summed E-state index contributed by atoms with van der Waals surface area (Å²) in [5.74, 6) is 0.379. The maximum atomic E-state index is 12.9. The molecule has 3 aromatic rings. The number of morpholine rings is 1. The lowest BCUT2D eigenvalue weighted by Crippen LogP contribution is -2.47. The van der Waals surface area contributed by atoms with Crippen molar-refractivity contribution in [2.75, 3.05) is 19.7 Å². The van der Waals surface area contributed by atoms with E-state index in [2.05, 4.69) is 9.89 Å². The molecule has 2 aliphatic heterocycles. The number of hydrogen-bond acceptors (Lipinski definition) is 6. The SMILES string of the molecule is CCOc1ccc(-c2nn(-c3ccccc3)cc2/C=C2\SC(N3CC(C)OC(C)C3)=NC2=O)cc1Cl. The summed E-state index contributed by atoms with van der Waals surface area (Å²) in [4.78, 5) is 19.9. The molecule has 1 aromatic heterocycles. The summed E-state index contributed by atoms with van der Waals surface area (Å²) < 4.78 is 13.2. The van der Waals surface area contributed by atoms with Crippen LogP contribution in [-0.4, -0.2) is 57.7 Å². The molecular weight excluding hydrogens is 496 g/mol. The van der Waals surface area contributed by atoms with Gasteiger partial charge in [0, 0.05) is 30.4 Å². The number of amidine groups is 1. The molecule has 0 bridgehead atoms. The molecule has 2 aromatic carbocycles. The minimum Gasteiger partial charge on any atom is -0.492 e. The average Bonchev–Trinajstić information content (AvgIpc) is 3.44. The topological polar surface area (TPSA) is 68.9 Å². The highest BCUT2D eigenvalue weighted by molar-refractivity contribution is 8.18. The second kappa shape index (κ2) is 10.5. The van der Waals surface area contributed by atoms with Crippen LogP contribution in [0.2, 0.25) is 5.02 Å². The van der Waals surface area contributed by atoms with E-state index < -0.39 is 0 Å². The van der Waals surface area contributed by atoms with Crippen LogP contribution in [-0.2, 0) is 9.53 Å². The molecule has 1 amide bonds. The smallest absolute Gasteiger partial charge is 0.286 e. The van der Waals surface area contributed by atoms with Crippen LogP contribution in [0.4, 0.5) is 0 Å². The Morgan fingerprint density at radius 3 is 2.61 bits per heavy atom. The largest absolute Gasteiger partial charge is 0.492 e. The number of carbonyl (C=O) groups excluding carboxylic acids is 1. The fourth-order valence-corrected chi connectivity index (χ4v) is 5.52. The number of amides is 1. The number of nitrogens with zero attached hydrogens (tertiary/aromatic N) is 4. The molecular formula is C27H27ClN4O3S. The highest BCUT2D eigenvalue weighted by Gasteiger charge is 2.31. The Hall–Kier alpha value is -3.07. The van der Waals surface area contributed by atoms with E-state index in [1.807, 2.05) is 86.3 Å². The molecule has 186 valence electrons. The zero-order valence-electron chi connectivity index (χ0n) is 20.3. The third-order valence-electron chi connectivity index (χ3n) is 5.85. The molecule has 7 nitrogen and oxygen atoms in total. The number of para-hydroxylation sites is 1. The Morgan fingerprint density at radius 2 is 1.92 bits per heavy atom. The van der Waals surface area contributed by atoms with Crippen molar-refractivity contribution < 1.29 is 14.3 Å². The normalized spacial score (nSPS) is 21.2. The molecule has 0 aliphatic carbocycles. The maximum absolute atomic E-state index is 12.9. The monoisotopic (exact) mass is 522 g/mol. The standard InChI is InChI=1S/C27H27ClN4O3S/c1-4-34-23-11-10-19(12-22(23)28)25-20(16-32(30-25)21-8-6-5-7-9-21)13-24-26(33)29-27(36-24)31-14-17(2)35-18(3)15-31/h5-13,16-18H,4,14-15H2,1-3H3/b24-13-. The molecule has 5 rings (SSSR count). The molecule has 3 heterocycles. The van der Waals surface area contributed by atoms with Crippen LogP contribution in [0.1, 0.15) is 26.3 Å². The van der Waals surface area contributed by atoms with Crippen LogP contribution < -0.4 is 4.74 Å². The van der Waals surface area contributed by atoms with E-state index in [0.29, 0.717) is 41.1 Å². The van der Waals surface area contributed by atoms with Crippen molar-refractivity contribution in [3.05, 3.63) is 70.2 Å². The first-order valence-corrected chi connectivity index (χ1v) is 13.1. The number of carbonyl (C=O) groups is 1. The average molecular weight is 523 g/mol. The molecule has 0 radical (unpaired) electrons. The van der Waals surface area contributed by atoms with E-state index in [-0.39, 0.29) is 18.1 Å². The van der Waals surface area contributed by atoms with Gasteiger partial charge in [-0.3, -0.25) is 4.79 Å². The molecule has 0 saturated carbocycles. The number of aromatic nitrogens is 2. The van der Waals surface area contributed by atoms with Crippen LogP contribution in [0.25, 0.3) is 23.0 Å². The number of benzene rings is 2. The van der Waals surface area contributed by atoms with Crippen LogP contribution in [0.15, 0.2) is 64.6 Å². The fourth-order valence-electron chi connectivity index (χ4n) is 4.36. The summed E-state index contributed by atoms with van der Waals surface area (Å²) in [6, 6.07) is 15.5. The number of halogens is 1.